The summed E-state index contributed by atoms with van der Waals surface area (Å²) in [6, 6.07) is 9.30. The van der Waals surface area contributed by atoms with Crippen LogP contribution in [0.3, 0.4) is 0 Å². The molecule has 0 N–H and O–H groups in total. The van der Waals surface area contributed by atoms with Crippen molar-refractivity contribution in [2.75, 3.05) is 6.67 Å². The second-order valence-electron chi connectivity index (χ2n) is 8.62. The predicted molar refractivity (Wildman–Crippen MR) is 101 cm³/mol. The minimum atomic E-state index is -0.0392. The minimum Gasteiger partial charge on any atom is -0.278 e. The maximum Gasteiger partial charge on any atom is 0.234 e. The zero-order valence-electron chi connectivity index (χ0n) is 16.0. The summed E-state index contributed by atoms with van der Waals surface area (Å²) >= 11 is 0. The standard InChI is InChI=1S/C22H30N2O2/c1-15(2)17-9-7-16(8-10-17)13-23(18-11-12-18)14-24-21(25)19-5-3-4-6-20(19)22(24)26/h7-10,15,18-20H,3-6,11-14H2,1-2H3/t19-,20-/m0/s1. The Balaban J connectivity index is 1.45. The number of nitrogens with zero attached hydrogens (tertiary/aromatic N) is 2. The van der Waals surface area contributed by atoms with Crippen LogP contribution in [0.5, 0.6) is 0 Å². The van der Waals surface area contributed by atoms with Crippen molar-refractivity contribution in [1.29, 1.82) is 0 Å². The lowest BCUT2D eigenvalue weighted by Crippen LogP contribution is -2.42. The van der Waals surface area contributed by atoms with Crippen molar-refractivity contribution in [1.82, 2.24) is 9.80 Å². The van der Waals surface area contributed by atoms with Crippen molar-refractivity contribution in [2.45, 2.75) is 70.9 Å². The van der Waals surface area contributed by atoms with E-state index < -0.39 is 0 Å². The van der Waals surface area contributed by atoms with Gasteiger partial charge in [0.05, 0.1) is 18.5 Å². The molecule has 2 atom stereocenters. The van der Waals surface area contributed by atoms with Crippen molar-refractivity contribution in [2.24, 2.45) is 11.8 Å². The van der Waals surface area contributed by atoms with Crippen LogP contribution >= 0.6 is 0 Å². The van der Waals surface area contributed by atoms with Gasteiger partial charge in [-0.2, -0.15) is 0 Å². The number of hydrogen-bond donors (Lipinski definition) is 0. The van der Waals surface area contributed by atoms with Crippen LogP contribution in [0.15, 0.2) is 24.3 Å². The fourth-order valence-electron chi connectivity index (χ4n) is 4.53. The van der Waals surface area contributed by atoms with Crippen LogP contribution in [0.4, 0.5) is 0 Å². The first-order chi connectivity index (χ1) is 12.5. The quantitative estimate of drug-likeness (QED) is 0.727. The molecule has 4 rings (SSSR count). The zero-order valence-corrected chi connectivity index (χ0v) is 16.0. The summed E-state index contributed by atoms with van der Waals surface area (Å²) in [6.45, 7) is 5.70. The van der Waals surface area contributed by atoms with E-state index in [0.717, 1.165) is 32.2 Å². The van der Waals surface area contributed by atoms with E-state index >= 15 is 0 Å². The van der Waals surface area contributed by atoms with Crippen LogP contribution < -0.4 is 0 Å². The number of imide groups is 1. The van der Waals surface area contributed by atoms with Gasteiger partial charge in [0.1, 0.15) is 0 Å². The maximum atomic E-state index is 12.8. The lowest BCUT2D eigenvalue weighted by atomic mass is 9.81. The maximum absolute atomic E-state index is 12.8. The van der Waals surface area contributed by atoms with Crippen molar-refractivity contribution in [3.05, 3.63) is 35.4 Å². The molecular formula is C22H30N2O2. The molecule has 2 amide bonds. The normalized spacial score (nSPS) is 26.1. The number of rotatable bonds is 6. The summed E-state index contributed by atoms with van der Waals surface area (Å²) in [7, 11) is 0. The third kappa shape index (κ3) is 3.44. The number of benzene rings is 1. The molecule has 1 aromatic rings. The van der Waals surface area contributed by atoms with Crippen LogP contribution in [-0.2, 0) is 16.1 Å². The van der Waals surface area contributed by atoms with Gasteiger partial charge in [-0.25, -0.2) is 0 Å². The highest BCUT2D eigenvalue weighted by atomic mass is 16.2. The minimum absolute atomic E-state index is 0.0392. The van der Waals surface area contributed by atoms with Crippen molar-refractivity contribution in [3.63, 3.8) is 0 Å². The third-order valence-corrected chi connectivity index (χ3v) is 6.35. The highest BCUT2D eigenvalue weighted by Crippen LogP contribution is 2.39. The molecule has 0 bridgehead atoms. The number of amides is 2. The fourth-order valence-corrected chi connectivity index (χ4v) is 4.53. The van der Waals surface area contributed by atoms with Gasteiger partial charge in [-0.15, -0.1) is 0 Å². The number of likely N-dealkylation sites (tertiary alicyclic amines) is 1. The number of fused-ring (bicyclic) bond motifs is 1. The lowest BCUT2D eigenvalue weighted by Gasteiger charge is -2.27. The second-order valence-corrected chi connectivity index (χ2v) is 8.62. The molecule has 140 valence electrons. The van der Waals surface area contributed by atoms with Crippen LogP contribution in [0.25, 0.3) is 0 Å². The molecule has 1 aliphatic heterocycles. The highest BCUT2D eigenvalue weighted by molar-refractivity contribution is 6.05. The molecule has 4 nitrogen and oxygen atoms in total. The van der Waals surface area contributed by atoms with Gasteiger partial charge in [0.2, 0.25) is 11.8 Å². The first kappa shape index (κ1) is 17.7. The van der Waals surface area contributed by atoms with Gasteiger partial charge in [0, 0.05) is 12.6 Å². The Bertz CT molecular complexity index is 654. The molecule has 0 unspecified atom stereocenters. The van der Waals surface area contributed by atoms with E-state index in [0.29, 0.717) is 18.6 Å². The molecule has 0 spiro atoms. The Labute approximate surface area is 156 Å². The molecule has 2 aliphatic carbocycles. The molecule has 0 radical (unpaired) electrons. The topological polar surface area (TPSA) is 40.6 Å². The van der Waals surface area contributed by atoms with Crippen LogP contribution in [0, 0.1) is 11.8 Å². The first-order valence-corrected chi connectivity index (χ1v) is 10.2. The third-order valence-electron chi connectivity index (χ3n) is 6.35. The van der Waals surface area contributed by atoms with Crippen LogP contribution in [0.1, 0.15) is 69.4 Å². The molecule has 0 aromatic heterocycles. The van der Waals surface area contributed by atoms with Crippen molar-refractivity contribution in [3.8, 4) is 0 Å². The van der Waals surface area contributed by atoms with E-state index in [1.54, 1.807) is 4.90 Å². The summed E-state index contributed by atoms with van der Waals surface area (Å²) in [5, 5.41) is 0. The van der Waals surface area contributed by atoms with E-state index in [4.69, 9.17) is 0 Å². The Hall–Kier alpha value is -1.68. The predicted octanol–water partition coefficient (Wildman–Crippen LogP) is 3.91. The molecule has 4 heteroatoms. The Morgan fingerprint density at radius 1 is 0.962 bits per heavy atom. The van der Waals surface area contributed by atoms with E-state index in [1.165, 1.54) is 24.0 Å². The van der Waals surface area contributed by atoms with Gasteiger partial charge in [-0.3, -0.25) is 19.4 Å². The highest BCUT2D eigenvalue weighted by Gasteiger charge is 2.49. The summed E-state index contributed by atoms with van der Waals surface area (Å²) in [4.78, 5) is 29.5. The number of carbonyl (C=O) groups is 2. The summed E-state index contributed by atoms with van der Waals surface area (Å²) in [5.74, 6) is 0.623. The van der Waals surface area contributed by atoms with Gasteiger partial charge >= 0.3 is 0 Å². The molecule has 1 heterocycles. The SMILES string of the molecule is CC(C)c1ccc(CN(CN2C(=O)[C@H]3CCCC[C@@H]3C2=O)C2CC2)cc1. The lowest BCUT2D eigenvalue weighted by molar-refractivity contribution is -0.142. The fraction of sp³-hybridized carbons (Fsp3) is 0.636. The van der Waals surface area contributed by atoms with E-state index in [9.17, 15) is 9.59 Å². The average molecular weight is 354 g/mol. The smallest absolute Gasteiger partial charge is 0.234 e. The number of hydrogen-bond acceptors (Lipinski definition) is 3. The monoisotopic (exact) mass is 354 g/mol. The largest absolute Gasteiger partial charge is 0.278 e. The molecule has 3 fully saturated rings. The molecule has 2 saturated carbocycles. The van der Waals surface area contributed by atoms with Gasteiger partial charge in [0.25, 0.3) is 0 Å². The summed E-state index contributed by atoms with van der Waals surface area (Å²) < 4.78 is 0. The van der Waals surface area contributed by atoms with Gasteiger partial charge in [0.15, 0.2) is 0 Å². The van der Waals surface area contributed by atoms with Crippen molar-refractivity contribution < 1.29 is 9.59 Å². The van der Waals surface area contributed by atoms with Gasteiger partial charge in [-0.1, -0.05) is 51.0 Å². The Kier molecular flexibility index (Phi) is 4.87. The molecule has 1 saturated heterocycles. The molecule has 3 aliphatic rings. The van der Waals surface area contributed by atoms with Crippen LogP contribution in [-0.4, -0.2) is 34.3 Å². The molecule has 1 aromatic carbocycles. The summed E-state index contributed by atoms with van der Waals surface area (Å²) in [5.41, 5.74) is 2.61. The number of carbonyl (C=O) groups excluding carboxylic acids is 2. The summed E-state index contributed by atoms with van der Waals surface area (Å²) in [6.07, 6.45) is 6.31. The van der Waals surface area contributed by atoms with E-state index in [-0.39, 0.29) is 23.7 Å². The van der Waals surface area contributed by atoms with Crippen molar-refractivity contribution >= 4 is 11.8 Å². The van der Waals surface area contributed by atoms with Crippen LogP contribution in [0.2, 0.25) is 0 Å². The van der Waals surface area contributed by atoms with Gasteiger partial charge in [-0.05, 0) is 42.7 Å². The second kappa shape index (κ2) is 7.15. The van der Waals surface area contributed by atoms with E-state index in [2.05, 4.69) is 43.0 Å². The Morgan fingerprint density at radius 2 is 1.54 bits per heavy atom. The Morgan fingerprint density at radius 3 is 2.04 bits per heavy atom. The van der Waals surface area contributed by atoms with Gasteiger partial charge < -0.3 is 0 Å². The first-order valence-electron chi connectivity index (χ1n) is 10.2. The zero-order chi connectivity index (χ0) is 18.3. The molecule has 26 heavy (non-hydrogen) atoms. The van der Waals surface area contributed by atoms with E-state index in [1.807, 2.05) is 0 Å². The average Bonchev–Trinajstić information content (AvgIpc) is 3.46. The molecular weight excluding hydrogens is 324 g/mol.